The van der Waals surface area contributed by atoms with E-state index < -0.39 is 18.0 Å². The first-order valence-electron chi connectivity index (χ1n) is 13.0. The van der Waals surface area contributed by atoms with Crippen LogP contribution >= 0.6 is 0 Å². The van der Waals surface area contributed by atoms with Crippen LogP contribution in [0, 0.1) is 6.92 Å². The molecule has 1 heterocycles. The summed E-state index contributed by atoms with van der Waals surface area (Å²) in [5.74, 6) is 0.814. The molecule has 0 radical (unpaired) electrons. The molecule has 2 N–H and O–H groups in total. The minimum atomic E-state index is -4.87. The molecule has 0 atom stereocenters. The predicted molar refractivity (Wildman–Crippen MR) is 153 cm³/mol. The van der Waals surface area contributed by atoms with Gasteiger partial charge in [-0.1, -0.05) is 18.2 Å². The van der Waals surface area contributed by atoms with Gasteiger partial charge in [-0.15, -0.1) is 13.2 Å². The van der Waals surface area contributed by atoms with Crippen LogP contribution in [0.5, 0.6) is 17.2 Å². The molecule has 0 saturated carbocycles. The second kappa shape index (κ2) is 13.3. The second-order valence-electron chi connectivity index (χ2n) is 9.74. The van der Waals surface area contributed by atoms with Gasteiger partial charge in [-0.05, 0) is 74.6 Å². The number of amides is 2. The summed E-state index contributed by atoms with van der Waals surface area (Å²) in [7, 11) is 3.80. The number of benzene rings is 3. The van der Waals surface area contributed by atoms with Crippen LogP contribution in [0.25, 0.3) is 5.57 Å². The molecule has 1 aliphatic rings. The van der Waals surface area contributed by atoms with E-state index in [0.29, 0.717) is 46.6 Å². The number of alkyl halides is 3. The Labute approximate surface area is 245 Å². The zero-order valence-electron chi connectivity index (χ0n) is 23.5. The lowest BCUT2D eigenvalue weighted by atomic mass is 9.93. The van der Waals surface area contributed by atoms with Gasteiger partial charge in [-0.25, -0.2) is 4.79 Å². The van der Waals surface area contributed by atoms with E-state index in [-0.39, 0.29) is 29.8 Å². The second-order valence-corrected chi connectivity index (χ2v) is 9.74. The van der Waals surface area contributed by atoms with E-state index in [9.17, 15) is 27.6 Å². The van der Waals surface area contributed by atoms with Gasteiger partial charge in [0.1, 0.15) is 17.2 Å². The van der Waals surface area contributed by atoms with Crippen molar-refractivity contribution in [3.8, 4) is 17.2 Å². The summed E-state index contributed by atoms with van der Waals surface area (Å²) in [5, 5.41) is 5.50. The Morgan fingerprint density at radius 2 is 1.81 bits per heavy atom. The van der Waals surface area contributed by atoms with E-state index in [1.54, 1.807) is 55.3 Å². The number of nitrogens with zero attached hydrogens (tertiary/aromatic N) is 1. The summed E-state index contributed by atoms with van der Waals surface area (Å²) in [4.78, 5) is 38.5. The molecular weight excluding hydrogens is 567 g/mol. The Kier molecular flexibility index (Phi) is 9.54. The highest BCUT2D eigenvalue weighted by Gasteiger charge is 2.31. The van der Waals surface area contributed by atoms with Crippen molar-refractivity contribution in [3.63, 3.8) is 0 Å². The Hall–Kier alpha value is -5.06. The monoisotopic (exact) mass is 595 g/mol. The number of hydrogen-bond donors (Lipinski definition) is 2. The van der Waals surface area contributed by atoms with Gasteiger partial charge >= 0.3 is 6.36 Å². The van der Waals surface area contributed by atoms with Gasteiger partial charge in [0.15, 0.2) is 12.5 Å². The predicted octanol–water partition coefficient (Wildman–Crippen LogP) is 4.74. The van der Waals surface area contributed by atoms with Crippen molar-refractivity contribution in [2.24, 2.45) is 0 Å². The minimum absolute atomic E-state index is 0.187. The number of ether oxygens (including phenoxy) is 3. The maximum absolute atomic E-state index is 12.8. The van der Waals surface area contributed by atoms with Gasteiger partial charge < -0.3 is 29.7 Å². The molecule has 9 nitrogen and oxygen atoms in total. The fraction of sp³-hybridized carbons (Fsp3) is 0.226. The average molecular weight is 596 g/mol. The van der Waals surface area contributed by atoms with Crippen LogP contribution in [0.1, 0.15) is 27.0 Å². The number of allylic oxidation sites excluding steroid dienone is 1. The topological polar surface area (TPSA) is 106 Å². The third-order valence-corrected chi connectivity index (χ3v) is 6.22. The van der Waals surface area contributed by atoms with Crippen molar-refractivity contribution in [2.45, 2.75) is 13.3 Å². The fourth-order valence-corrected chi connectivity index (χ4v) is 4.25. The quantitative estimate of drug-likeness (QED) is 0.326. The molecule has 0 bridgehead atoms. The molecule has 224 valence electrons. The Morgan fingerprint density at radius 1 is 1.05 bits per heavy atom. The smallest absolute Gasteiger partial charge is 0.483 e. The molecule has 3 aromatic rings. The van der Waals surface area contributed by atoms with E-state index >= 15 is 0 Å². The van der Waals surface area contributed by atoms with Crippen molar-refractivity contribution in [2.75, 3.05) is 39.1 Å². The zero-order valence-corrected chi connectivity index (χ0v) is 23.5. The van der Waals surface area contributed by atoms with Gasteiger partial charge in [0.2, 0.25) is 5.76 Å². The van der Waals surface area contributed by atoms with Crippen LogP contribution in [-0.2, 0) is 9.59 Å². The first-order chi connectivity index (χ1) is 20.4. The largest absolute Gasteiger partial charge is 0.573 e. The molecular formula is C31H28F3N3O6. The number of anilines is 1. The fourth-order valence-electron chi connectivity index (χ4n) is 4.25. The third kappa shape index (κ3) is 8.25. The van der Waals surface area contributed by atoms with E-state index in [1.165, 1.54) is 24.3 Å². The first-order valence-corrected chi connectivity index (χ1v) is 13.0. The number of halogens is 3. The minimum Gasteiger partial charge on any atom is -0.483 e. The molecule has 2 amide bonds. The number of fused-ring (bicyclic) bond motifs is 1. The maximum atomic E-state index is 12.8. The molecule has 3 aromatic carbocycles. The van der Waals surface area contributed by atoms with Crippen molar-refractivity contribution in [1.82, 2.24) is 10.2 Å². The average Bonchev–Trinajstić information content (AvgIpc) is 2.95. The zero-order chi connectivity index (χ0) is 31.1. The molecule has 0 saturated heterocycles. The van der Waals surface area contributed by atoms with Gasteiger partial charge in [0.25, 0.3) is 11.8 Å². The van der Waals surface area contributed by atoms with Gasteiger partial charge in [-0.2, -0.15) is 0 Å². The molecule has 12 heteroatoms. The van der Waals surface area contributed by atoms with Crippen LogP contribution in [-0.4, -0.2) is 62.8 Å². The summed E-state index contributed by atoms with van der Waals surface area (Å²) in [6, 6.07) is 15.0. The molecule has 43 heavy (non-hydrogen) atoms. The Morgan fingerprint density at radius 3 is 2.53 bits per heavy atom. The van der Waals surface area contributed by atoms with Crippen molar-refractivity contribution >= 4 is 29.0 Å². The summed E-state index contributed by atoms with van der Waals surface area (Å²) < 4.78 is 53.7. The molecule has 0 unspecified atom stereocenters. The number of likely N-dealkylation sites (N-methyl/N-ethyl adjacent to an activating group) is 1. The number of rotatable bonds is 10. The lowest BCUT2D eigenvalue weighted by Crippen LogP contribution is -2.31. The molecule has 0 aromatic heterocycles. The molecule has 1 aliphatic heterocycles. The highest BCUT2D eigenvalue weighted by molar-refractivity contribution is 5.97. The normalized spacial score (nSPS) is 12.4. The maximum Gasteiger partial charge on any atom is 0.573 e. The van der Waals surface area contributed by atoms with Crippen LogP contribution in [0.15, 0.2) is 72.5 Å². The number of carbonyl (C=O) groups excluding carboxylic acids is 3. The molecule has 0 fully saturated rings. The number of carbonyl (C=O) groups is 2. The van der Waals surface area contributed by atoms with Crippen LogP contribution < -0.4 is 24.8 Å². The van der Waals surface area contributed by atoms with Crippen LogP contribution in [0.4, 0.5) is 18.9 Å². The van der Waals surface area contributed by atoms with E-state index in [0.717, 1.165) is 0 Å². The van der Waals surface area contributed by atoms with Crippen molar-refractivity contribution in [3.05, 3.63) is 94.8 Å². The third-order valence-electron chi connectivity index (χ3n) is 6.22. The molecule has 0 aliphatic carbocycles. The Balaban J connectivity index is 1.47. The van der Waals surface area contributed by atoms with Crippen LogP contribution in [0.3, 0.4) is 0 Å². The molecule has 4 rings (SSSR count). The molecule has 0 spiro atoms. The van der Waals surface area contributed by atoms with E-state index in [4.69, 9.17) is 9.47 Å². The highest BCUT2D eigenvalue weighted by Crippen LogP contribution is 2.42. The highest BCUT2D eigenvalue weighted by atomic mass is 19.4. The SMILES string of the molecule is Cc1c(OCC(=O)Nc2cccc(C(=O)NCCN(C)C)c2)ccc2c1OC(=C=O)C=C2c1cccc(OC(F)(F)F)c1. The van der Waals surface area contributed by atoms with E-state index in [2.05, 4.69) is 15.4 Å². The summed E-state index contributed by atoms with van der Waals surface area (Å²) in [5.41, 5.74) is 2.48. The van der Waals surface area contributed by atoms with Crippen molar-refractivity contribution in [1.29, 1.82) is 0 Å². The van der Waals surface area contributed by atoms with Crippen LogP contribution in [0.2, 0.25) is 0 Å². The number of hydrogen-bond acceptors (Lipinski definition) is 7. The lowest BCUT2D eigenvalue weighted by molar-refractivity contribution is -0.274. The Bertz CT molecular complexity index is 1610. The standard InChI is InChI=1S/C31H28F3N3O6/c1-19-27(41-18-28(39)36-22-8-4-7-21(14-22)30(40)35-12-13-37(2)3)11-10-25-26(16-24(17-38)42-29(19)25)20-6-5-9-23(15-20)43-31(32,33)34/h4-11,14-16H,12-13,18H2,1-3H3,(H,35,40)(H,36,39). The summed E-state index contributed by atoms with van der Waals surface area (Å²) >= 11 is 0. The summed E-state index contributed by atoms with van der Waals surface area (Å²) in [6.07, 6.45) is -3.50. The number of nitrogens with one attached hydrogen (secondary N) is 2. The lowest BCUT2D eigenvalue weighted by Gasteiger charge is -2.23. The summed E-state index contributed by atoms with van der Waals surface area (Å²) in [6.45, 7) is 2.43. The van der Waals surface area contributed by atoms with Gasteiger partial charge in [0, 0.05) is 41.5 Å². The first kappa shape index (κ1) is 30.9. The van der Waals surface area contributed by atoms with Gasteiger partial charge in [-0.3, -0.25) is 9.59 Å². The van der Waals surface area contributed by atoms with Crippen molar-refractivity contribution < 1.29 is 41.8 Å². The van der Waals surface area contributed by atoms with E-state index in [1.807, 2.05) is 19.0 Å². The van der Waals surface area contributed by atoms with Gasteiger partial charge in [0.05, 0.1) is 0 Å².